The Labute approximate surface area is 323 Å². The van der Waals surface area contributed by atoms with Gasteiger partial charge < -0.3 is 19.9 Å². The minimum Gasteiger partial charge on any atom is -0.456 e. The third-order valence-electron chi connectivity index (χ3n) is 10.4. The highest BCUT2D eigenvalue weighted by Crippen LogP contribution is 2.39. The molecule has 0 amide bonds. The zero-order valence-corrected chi connectivity index (χ0v) is 30.4. The number of hydrogen-bond donors (Lipinski definition) is 2. The maximum Gasteiger partial charge on any atom is 0.139 e. The first-order chi connectivity index (χ1) is 27.6. The lowest BCUT2D eigenvalue weighted by atomic mass is 9.99. The number of benzene rings is 7. The molecule has 6 heteroatoms. The van der Waals surface area contributed by atoms with E-state index in [1.165, 1.54) is 5.56 Å². The van der Waals surface area contributed by atoms with Gasteiger partial charge in [-0.2, -0.15) is 0 Å². The molecular weight excluding hydrogens is 689 g/mol. The summed E-state index contributed by atoms with van der Waals surface area (Å²) in [7, 11) is 0. The van der Waals surface area contributed by atoms with Crippen LogP contribution in [0.15, 0.2) is 201 Å². The largest absolute Gasteiger partial charge is 0.456 e. The SMILES string of the molecule is NC(=N/C(=C\Cc1ccccc1)c1ccc2c(c1)oc1cc3oc4cc(C5C=C(c6ccccc6)NC(c6ccccc6)=N5)ccc4c3cc12)c1ccccc1. The number of fused-ring (bicyclic) bond motifs is 6. The second-order valence-electron chi connectivity index (χ2n) is 14.0. The summed E-state index contributed by atoms with van der Waals surface area (Å²) in [6, 6.07) is 57.5. The molecule has 3 heterocycles. The fourth-order valence-corrected chi connectivity index (χ4v) is 7.50. The molecule has 1 aliphatic rings. The average molecular weight is 725 g/mol. The van der Waals surface area contributed by atoms with E-state index < -0.39 is 0 Å². The first-order valence-corrected chi connectivity index (χ1v) is 18.8. The lowest BCUT2D eigenvalue weighted by molar-refractivity contribution is 0.655. The summed E-state index contributed by atoms with van der Waals surface area (Å²) in [6.07, 6.45) is 5.02. The van der Waals surface area contributed by atoms with Gasteiger partial charge >= 0.3 is 0 Å². The van der Waals surface area contributed by atoms with Crippen molar-refractivity contribution in [2.75, 3.05) is 0 Å². The summed E-state index contributed by atoms with van der Waals surface area (Å²) in [6.45, 7) is 0. The maximum atomic E-state index is 6.55. The van der Waals surface area contributed by atoms with Crippen LogP contribution >= 0.6 is 0 Å². The Morgan fingerprint density at radius 2 is 1.18 bits per heavy atom. The van der Waals surface area contributed by atoms with Crippen LogP contribution in [0.2, 0.25) is 0 Å². The molecule has 7 aromatic carbocycles. The zero-order chi connectivity index (χ0) is 37.4. The summed E-state index contributed by atoms with van der Waals surface area (Å²) >= 11 is 0. The Morgan fingerprint density at radius 3 is 1.88 bits per heavy atom. The van der Waals surface area contributed by atoms with Crippen molar-refractivity contribution in [2.24, 2.45) is 15.7 Å². The van der Waals surface area contributed by atoms with E-state index in [1.807, 2.05) is 78.9 Å². The van der Waals surface area contributed by atoms with E-state index in [2.05, 4.69) is 108 Å². The molecule has 0 spiro atoms. The van der Waals surface area contributed by atoms with Crippen molar-refractivity contribution in [2.45, 2.75) is 12.5 Å². The van der Waals surface area contributed by atoms with Gasteiger partial charge in [0, 0.05) is 50.0 Å². The molecule has 2 aromatic heterocycles. The van der Waals surface area contributed by atoms with Crippen LogP contribution in [-0.4, -0.2) is 11.7 Å². The summed E-state index contributed by atoms with van der Waals surface area (Å²) in [4.78, 5) is 10.1. The van der Waals surface area contributed by atoms with Crippen LogP contribution in [0.3, 0.4) is 0 Å². The normalized spacial score (nSPS) is 15.0. The second-order valence-corrected chi connectivity index (χ2v) is 14.0. The third kappa shape index (κ3) is 6.33. The average Bonchev–Trinajstić information content (AvgIpc) is 3.81. The number of furan rings is 2. The van der Waals surface area contributed by atoms with Crippen LogP contribution in [0.4, 0.5) is 0 Å². The summed E-state index contributed by atoms with van der Waals surface area (Å²) in [5, 5.41) is 7.70. The zero-order valence-electron chi connectivity index (χ0n) is 30.4. The highest BCUT2D eigenvalue weighted by Gasteiger charge is 2.21. The molecule has 0 aliphatic carbocycles. The highest BCUT2D eigenvalue weighted by atomic mass is 16.3. The van der Waals surface area contributed by atoms with Crippen LogP contribution in [0.5, 0.6) is 0 Å². The van der Waals surface area contributed by atoms with E-state index in [-0.39, 0.29) is 6.04 Å². The Bertz CT molecular complexity index is 2960. The van der Waals surface area contributed by atoms with Gasteiger partial charge in [-0.15, -0.1) is 0 Å². The van der Waals surface area contributed by atoms with Crippen LogP contribution < -0.4 is 11.1 Å². The van der Waals surface area contributed by atoms with E-state index in [4.69, 9.17) is 24.6 Å². The Balaban J connectivity index is 1.02. The van der Waals surface area contributed by atoms with Gasteiger partial charge in [0.1, 0.15) is 34.0 Å². The molecule has 3 N–H and O–H groups in total. The van der Waals surface area contributed by atoms with Crippen molar-refractivity contribution in [1.82, 2.24) is 5.32 Å². The van der Waals surface area contributed by atoms with E-state index in [1.54, 1.807) is 0 Å². The Kier molecular flexibility index (Phi) is 8.34. The van der Waals surface area contributed by atoms with Gasteiger partial charge in [-0.25, -0.2) is 4.99 Å². The van der Waals surface area contributed by atoms with Crippen molar-refractivity contribution < 1.29 is 8.83 Å². The molecule has 1 unspecified atom stereocenters. The molecule has 1 atom stereocenters. The number of allylic oxidation sites excluding steroid dienone is 1. The molecule has 9 aromatic rings. The van der Waals surface area contributed by atoms with E-state index in [0.29, 0.717) is 12.3 Å². The third-order valence-corrected chi connectivity index (χ3v) is 10.4. The quantitative estimate of drug-likeness (QED) is 0.121. The fourth-order valence-electron chi connectivity index (χ4n) is 7.50. The van der Waals surface area contributed by atoms with Gasteiger partial charge in [-0.1, -0.05) is 146 Å². The smallest absolute Gasteiger partial charge is 0.139 e. The van der Waals surface area contributed by atoms with Crippen LogP contribution in [-0.2, 0) is 6.42 Å². The van der Waals surface area contributed by atoms with Gasteiger partial charge in [0.25, 0.3) is 0 Å². The van der Waals surface area contributed by atoms with Gasteiger partial charge in [0.2, 0.25) is 0 Å². The number of hydrogen-bond acceptors (Lipinski definition) is 5. The fraction of sp³-hybridized carbons (Fsp3) is 0.0400. The number of nitrogens with zero attached hydrogens (tertiary/aromatic N) is 2. The molecule has 0 radical (unpaired) electrons. The molecular formula is C50H36N4O2. The molecule has 0 fully saturated rings. The number of aliphatic imine (C=N–C) groups is 2. The van der Waals surface area contributed by atoms with Gasteiger partial charge in [-0.3, -0.25) is 4.99 Å². The monoisotopic (exact) mass is 724 g/mol. The van der Waals surface area contributed by atoms with E-state index >= 15 is 0 Å². The number of nitrogens with two attached hydrogens (primary N) is 1. The first kappa shape index (κ1) is 33.2. The predicted molar refractivity (Wildman–Crippen MR) is 230 cm³/mol. The Morgan fingerprint density at radius 1 is 0.589 bits per heavy atom. The standard InChI is InChI=1S/C50H36N4O2/c51-49(34-17-9-3-10-18-34)52-42(26-21-32-13-5-1-6-14-32)36-22-24-38-40-29-41-39-25-23-37(28-46(39)56-48(41)31-47(40)55-45(38)27-36)44-30-43(33-15-7-2-8-16-33)53-50(54-44)35-19-11-4-12-20-35/h1-20,22-31,44H,21H2,(H2,51,52)(H,53,54)/b42-26-. The molecule has 56 heavy (non-hydrogen) atoms. The van der Waals surface area contributed by atoms with Crippen molar-refractivity contribution in [3.05, 3.63) is 215 Å². The molecule has 268 valence electrons. The lowest BCUT2D eigenvalue weighted by Crippen LogP contribution is -2.27. The number of rotatable bonds is 8. The first-order valence-electron chi connectivity index (χ1n) is 18.8. The van der Waals surface area contributed by atoms with Gasteiger partial charge in [0.15, 0.2) is 0 Å². The number of amidine groups is 2. The van der Waals surface area contributed by atoms with E-state index in [9.17, 15) is 0 Å². The van der Waals surface area contributed by atoms with Crippen LogP contribution in [0, 0.1) is 0 Å². The molecule has 10 rings (SSSR count). The topological polar surface area (TPSA) is 89.0 Å². The summed E-state index contributed by atoms with van der Waals surface area (Å²) in [5.41, 5.74) is 17.6. The minimum absolute atomic E-state index is 0.201. The van der Waals surface area contributed by atoms with Crippen molar-refractivity contribution in [3.63, 3.8) is 0 Å². The van der Waals surface area contributed by atoms with Crippen molar-refractivity contribution in [1.29, 1.82) is 0 Å². The highest BCUT2D eigenvalue weighted by molar-refractivity contribution is 6.15. The Hall–Kier alpha value is -7.44. The summed E-state index contributed by atoms with van der Waals surface area (Å²) < 4.78 is 13.1. The number of nitrogens with one attached hydrogen (secondary N) is 1. The summed E-state index contributed by atoms with van der Waals surface area (Å²) in [5.74, 6) is 1.29. The lowest BCUT2D eigenvalue weighted by Gasteiger charge is -2.23. The molecule has 0 saturated carbocycles. The minimum atomic E-state index is -0.201. The van der Waals surface area contributed by atoms with Gasteiger partial charge in [0.05, 0.1) is 11.7 Å². The molecule has 1 aliphatic heterocycles. The van der Waals surface area contributed by atoms with Crippen molar-refractivity contribution >= 4 is 66.9 Å². The van der Waals surface area contributed by atoms with Crippen LogP contribution in [0.25, 0.3) is 55.3 Å². The maximum absolute atomic E-state index is 6.55. The van der Waals surface area contributed by atoms with Gasteiger partial charge in [-0.05, 0) is 53.5 Å². The second kappa shape index (κ2) is 14.1. The predicted octanol–water partition coefficient (Wildman–Crippen LogP) is 11.6. The molecule has 0 bridgehead atoms. The van der Waals surface area contributed by atoms with E-state index in [0.717, 1.165) is 88.9 Å². The molecule has 6 nitrogen and oxygen atoms in total. The molecule has 0 saturated heterocycles. The van der Waals surface area contributed by atoms with Crippen molar-refractivity contribution in [3.8, 4) is 0 Å². The van der Waals surface area contributed by atoms with Crippen LogP contribution in [0.1, 0.15) is 39.4 Å².